The minimum absolute atomic E-state index is 0.463. The Hall–Kier alpha value is -0.950. The van der Waals surface area contributed by atoms with E-state index in [2.05, 4.69) is 5.32 Å². The molecule has 6 heteroatoms. The maximum atomic E-state index is 11.2. The number of anilines is 1. The van der Waals surface area contributed by atoms with Crippen molar-refractivity contribution in [2.24, 2.45) is 0 Å². The van der Waals surface area contributed by atoms with Crippen molar-refractivity contribution in [3.8, 4) is 6.07 Å². The Morgan fingerprint density at radius 3 is 2.20 bits per heavy atom. The largest absolute Gasteiger partial charge is 0.322 e. The second-order valence-electron chi connectivity index (χ2n) is 2.64. The van der Waals surface area contributed by atoms with E-state index in [0.29, 0.717) is 11.3 Å². The minimum atomic E-state index is -1.99. The first kappa shape index (κ1) is 12.1. The number of nitriles is 1. The molecule has 0 saturated carbocycles. The fourth-order valence-electron chi connectivity index (χ4n) is 0.830. The first-order chi connectivity index (χ1) is 6.93. The van der Waals surface area contributed by atoms with Crippen molar-refractivity contribution in [3.63, 3.8) is 0 Å². The molecule has 1 aromatic carbocycles. The summed E-state index contributed by atoms with van der Waals surface area (Å²) in [7, 11) is 0. The van der Waals surface area contributed by atoms with Gasteiger partial charge in [-0.15, -0.1) is 0 Å². The van der Waals surface area contributed by atoms with Crippen LogP contribution in [0.3, 0.4) is 0 Å². The van der Waals surface area contributed by atoms with Gasteiger partial charge in [-0.05, 0) is 24.3 Å². The molecule has 1 amide bonds. The van der Waals surface area contributed by atoms with E-state index in [0.717, 1.165) is 0 Å². The Morgan fingerprint density at radius 1 is 1.27 bits per heavy atom. The summed E-state index contributed by atoms with van der Waals surface area (Å²) in [6.45, 7) is 0. The summed E-state index contributed by atoms with van der Waals surface area (Å²) in [5.74, 6) is -0.739. The molecule has 0 atom stereocenters. The fraction of sp³-hybridized carbons (Fsp3) is 0.111. The van der Waals surface area contributed by atoms with Crippen molar-refractivity contribution >= 4 is 46.4 Å². The Labute approximate surface area is 102 Å². The van der Waals surface area contributed by atoms with Gasteiger partial charge in [0.25, 0.3) is 9.70 Å². The van der Waals surface area contributed by atoms with Crippen LogP contribution >= 0.6 is 34.8 Å². The zero-order chi connectivity index (χ0) is 11.5. The van der Waals surface area contributed by atoms with Crippen molar-refractivity contribution in [2.75, 3.05) is 5.32 Å². The van der Waals surface area contributed by atoms with Gasteiger partial charge < -0.3 is 5.32 Å². The molecular formula is C9H5Cl3N2O. The molecule has 0 saturated heterocycles. The summed E-state index contributed by atoms with van der Waals surface area (Å²) in [5, 5.41) is 10.9. The van der Waals surface area contributed by atoms with Gasteiger partial charge in [0, 0.05) is 5.69 Å². The number of hydrogen-bond donors (Lipinski definition) is 1. The van der Waals surface area contributed by atoms with Gasteiger partial charge in [0.05, 0.1) is 11.6 Å². The number of hydrogen-bond acceptors (Lipinski definition) is 2. The van der Waals surface area contributed by atoms with Crippen molar-refractivity contribution in [1.29, 1.82) is 5.26 Å². The van der Waals surface area contributed by atoms with Crippen molar-refractivity contribution < 1.29 is 4.79 Å². The topological polar surface area (TPSA) is 52.9 Å². The van der Waals surface area contributed by atoms with Gasteiger partial charge in [-0.3, -0.25) is 4.79 Å². The molecule has 1 N–H and O–H groups in total. The number of rotatable bonds is 1. The predicted molar refractivity (Wildman–Crippen MR) is 60.1 cm³/mol. The molecule has 1 rings (SSSR count). The minimum Gasteiger partial charge on any atom is -0.322 e. The predicted octanol–water partition coefficient (Wildman–Crippen LogP) is 2.87. The lowest BCUT2D eigenvalue weighted by Gasteiger charge is -2.10. The third-order valence-electron chi connectivity index (χ3n) is 1.53. The number of benzene rings is 1. The lowest BCUT2D eigenvalue weighted by molar-refractivity contribution is -0.115. The lowest BCUT2D eigenvalue weighted by Crippen LogP contribution is -2.26. The number of carbonyl (C=O) groups excluding carboxylic acids is 1. The van der Waals surface area contributed by atoms with Crippen LogP contribution in [0.2, 0.25) is 0 Å². The molecule has 0 aliphatic rings. The number of alkyl halides is 3. The van der Waals surface area contributed by atoms with Crippen LogP contribution < -0.4 is 5.32 Å². The molecule has 0 spiro atoms. The molecule has 3 nitrogen and oxygen atoms in total. The lowest BCUT2D eigenvalue weighted by atomic mass is 10.2. The second-order valence-corrected chi connectivity index (χ2v) is 4.92. The number of amides is 1. The molecule has 0 bridgehead atoms. The Morgan fingerprint density at radius 2 is 1.80 bits per heavy atom. The normalized spacial score (nSPS) is 10.5. The van der Waals surface area contributed by atoms with E-state index in [4.69, 9.17) is 40.1 Å². The van der Waals surface area contributed by atoms with Crippen LogP contribution in [0.1, 0.15) is 5.56 Å². The molecule has 0 unspecified atom stereocenters. The average molecular weight is 264 g/mol. The van der Waals surface area contributed by atoms with E-state index in [1.807, 2.05) is 6.07 Å². The highest BCUT2D eigenvalue weighted by molar-refractivity contribution is 6.76. The quantitative estimate of drug-likeness (QED) is 0.792. The molecule has 0 heterocycles. The van der Waals surface area contributed by atoms with Gasteiger partial charge in [-0.1, -0.05) is 34.8 Å². The van der Waals surface area contributed by atoms with Gasteiger partial charge in [0.1, 0.15) is 0 Å². The van der Waals surface area contributed by atoms with Gasteiger partial charge in [-0.2, -0.15) is 5.26 Å². The second kappa shape index (κ2) is 4.71. The van der Waals surface area contributed by atoms with Gasteiger partial charge in [0.2, 0.25) is 0 Å². The molecule has 78 valence electrons. The Bertz CT molecular complexity index is 403. The van der Waals surface area contributed by atoms with Crippen LogP contribution in [0.15, 0.2) is 24.3 Å². The van der Waals surface area contributed by atoms with Crippen molar-refractivity contribution in [1.82, 2.24) is 0 Å². The van der Waals surface area contributed by atoms with Gasteiger partial charge >= 0.3 is 0 Å². The number of carbonyl (C=O) groups is 1. The summed E-state index contributed by atoms with van der Waals surface area (Å²) in [5.41, 5.74) is 0.951. The SMILES string of the molecule is N#Cc1ccc(NC(=O)C(Cl)(Cl)Cl)cc1. The van der Waals surface area contributed by atoms with Gasteiger partial charge in [0.15, 0.2) is 0 Å². The van der Waals surface area contributed by atoms with E-state index in [-0.39, 0.29) is 0 Å². The van der Waals surface area contributed by atoms with E-state index < -0.39 is 9.70 Å². The van der Waals surface area contributed by atoms with Crippen molar-refractivity contribution in [3.05, 3.63) is 29.8 Å². The first-order valence-electron chi connectivity index (χ1n) is 3.82. The summed E-state index contributed by atoms with van der Waals surface area (Å²) in [6, 6.07) is 8.14. The third kappa shape index (κ3) is 3.60. The van der Waals surface area contributed by atoms with E-state index in [1.165, 1.54) is 0 Å². The maximum Gasteiger partial charge on any atom is 0.276 e. The molecule has 0 aliphatic heterocycles. The first-order valence-corrected chi connectivity index (χ1v) is 4.95. The molecular weight excluding hydrogens is 258 g/mol. The van der Waals surface area contributed by atoms with E-state index >= 15 is 0 Å². The number of nitrogens with zero attached hydrogens (tertiary/aromatic N) is 1. The maximum absolute atomic E-state index is 11.2. The highest BCUT2D eigenvalue weighted by Gasteiger charge is 2.30. The van der Waals surface area contributed by atoms with E-state index in [9.17, 15) is 4.79 Å². The Kier molecular flexibility index (Phi) is 3.81. The Balaban J connectivity index is 2.75. The standard InChI is InChI=1S/C9H5Cl3N2O/c10-9(11,12)8(15)14-7-3-1-6(5-13)2-4-7/h1-4H,(H,14,15). The summed E-state index contributed by atoms with van der Waals surface area (Å²) < 4.78 is -1.99. The smallest absolute Gasteiger partial charge is 0.276 e. The molecule has 0 aromatic heterocycles. The van der Waals surface area contributed by atoms with Crippen LogP contribution in [0.4, 0.5) is 5.69 Å². The van der Waals surface area contributed by atoms with Crippen LogP contribution in [0, 0.1) is 11.3 Å². The van der Waals surface area contributed by atoms with Crippen molar-refractivity contribution in [2.45, 2.75) is 3.79 Å². The number of nitrogens with one attached hydrogen (secondary N) is 1. The molecule has 0 aliphatic carbocycles. The molecule has 0 radical (unpaired) electrons. The van der Waals surface area contributed by atoms with Crippen LogP contribution in [0.5, 0.6) is 0 Å². The third-order valence-corrected chi connectivity index (χ3v) is 2.04. The summed E-state index contributed by atoms with van der Waals surface area (Å²) in [6.07, 6.45) is 0. The highest BCUT2D eigenvalue weighted by Crippen LogP contribution is 2.27. The molecule has 15 heavy (non-hydrogen) atoms. The zero-order valence-electron chi connectivity index (χ0n) is 7.30. The monoisotopic (exact) mass is 262 g/mol. The van der Waals surface area contributed by atoms with Crippen LogP contribution in [0.25, 0.3) is 0 Å². The highest BCUT2D eigenvalue weighted by atomic mass is 35.6. The summed E-state index contributed by atoms with van der Waals surface area (Å²) in [4.78, 5) is 11.2. The summed E-state index contributed by atoms with van der Waals surface area (Å²) >= 11 is 16.1. The average Bonchev–Trinajstić information content (AvgIpc) is 2.17. The number of halogens is 3. The van der Waals surface area contributed by atoms with E-state index in [1.54, 1.807) is 24.3 Å². The van der Waals surface area contributed by atoms with Gasteiger partial charge in [-0.25, -0.2) is 0 Å². The fourth-order valence-corrected chi connectivity index (χ4v) is 0.972. The van der Waals surface area contributed by atoms with Crippen LogP contribution in [-0.2, 0) is 4.79 Å². The van der Waals surface area contributed by atoms with Crippen LogP contribution in [-0.4, -0.2) is 9.70 Å². The molecule has 1 aromatic rings. The molecule has 0 fully saturated rings. The zero-order valence-corrected chi connectivity index (χ0v) is 9.57.